The van der Waals surface area contributed by atoms with Crippen LogP contribution >= 0.6 is 11.3 Å². The second kappa shape index (κ2) is 8.28. The van der Waals surface area contributed by atoms with Crippen LogP contribution in [0.25, 0.3) is 0 Å². The van der Waals surface area contributed by atoms with Crippen molar-refractivity contribution in [2.45, 2.75) is 19.8 Å². The molecular formula is C16H18N2O4S. The lowest BCUT2D eigenvalue weighted by molar-refractivity contribution is -0.143. The number of thiazole rings is 1. The van der Waals surface area contributed by atoms with E-state index in [-0.39, 0.29) is 11.9 Å². The SMILES string of the molecule is CCOC(=O)CCc1csc(Nc2cccc(C(=O)OC)c2)n1. The first-order valence-corrected chi connectivity index (χ1v) is 8.05. The van der Waals surface area contributed by atoms with Crippen LogP contribution in [0, 0.1) is 0 Å². The number of rotatable bonds is 7. The molecule has 0 amide bonds. The molecule has 122 valence electrons. The predicted octanol–water partition coefficient (Wildman–Crippen LogP) is 3.17. The fourth-order valence-electron chi connectivity index (χ4n) is 1.91. The van der Waals surface area contributed by atoms with Crippen molar-refractivity contribution in [3.05, 3.63) is 40.9 Å². The van der Waals surface area contributed by atoms with E-state index in [4.69, 9.17) is 9.47 Å². The highest BCUT2D eigenvalue weighted by Crippen LogP contribution is 2.22. The lowest BCUT2D eigenvalue weighted by Gasteiger charge is -2.04. The highest BCUT2D eigenvalue weighted by atomic mass is 32.1. The first kappa shape index (κ1) is 17.0. The van der Waals surface area contributed by atoms with E-state index < -0.39 is 0 Å². The Morgan fingerprint density at radius 3 is 2.91 bits per heavy atom. The fourth-order valence-corrected chi connectivity index (χ4v) is 2.67. The molecule has 0 unspecified atom stereocenters. The van der Waals surface area contributed by atoms with Gasteiger partial charge in [-0.05, 0) is 25.1 Å². The maximum atomic E-state index is 11.5. The van der Waals surface area contributed by atoms with Crippen molar-refractivity contribution in [1.29, 1.82) is 0 Å². The Bertz CT molecular complexity index is 684. The van der Waals surface area contributed by atoms with Crippen LogP contribution in [-0.2, 0) is 20.7 Å². The van der Waals surface area contributed by atoms with E-state index in [1.54, 1.807) is 25.1 Å². The molecule has 0 aliphatic carbocycles. The quantitative estimate of drug-likeness (QED) is 0.784. The molecule has 0 fully saturated rings. The van der Waals surface area contributed by atoms with Crippen LogP contribution in [0.3, 0.4) is 0 Å². The summed E-state index contributed by atoms with van der Waals surface area (Å²) in [6, 6.07) is 6.99. The Morgan fingerprint density at radius 2 is 2.17 bits per heavy atom. The van der Waals surface area contributed by atoms with E-state index in [9.17, 15) is 9.59 Å². The van der Waals surface area contributed by atoms with Crippen molar-refractivity contribution in [3.8, 4) is 0 Å². The molecule has 7 heteroatoms. The van der Waals surface area contributed by atoms with Crippen molar-refractivity contribution in [1.82, 2.24) is 4.98 Å². The zero-order valence-corrected chi connectivity index (χ0v) is 13.8. The second-order valence-electron chi connectivity index (χ2n) is 4.65. The van der Waals surface area contributed by atoms with Crippen molar-refractivity contribution in [2.24, 2.45) is 0 Å². The van der Waals surface area contributed by atoms with Crippen LogP contribution in [0.1, 0.15) is 29.4 Å². The number of aryl methyl sites for hydroxylation is 1. The Kier molecular flexibility index (Phi) is 6.10. The second-order valence-corrected chi connectivity index (χ2v) is 5.50. The molecule has 0 aliphatic rings. The molecule has 0 atom stereocenters. The lowest BCUT2D eigenvalue weighted by Crippen LogP contribution is -2.05. The average Bonchev–Trinajstić information content (AvgIpc) is 3.00. The molecular weight excluding hydrogens is 316 g/mol. The Balaban J connectivity index is 1.96. The number of aromatic nitrogens is 1. The van der Waals surface area contributed by atoms with Crippen LogP contribution in [-0.4, -0.2) is 30.6 Å². The van der Waals surface area contributed by atoms with Crippen LogP contribution < -0.4 is 5.32 Å². The van der Waals surface area contributed by atoms with Crippen molar-refractivity contribution >= 4 is 34.1 Å². The molecule has 1 N–H and O–H groups in total. The summed E-state index contributed by atoms with van der Waals surface area (Å²) in [4.78, 5) is 27.3. The number of anilines is 2. The summed E-state index contributed by atoms with van der Waals surface area (Å²) in [5.74, 6) is -0.608. The Hall–Kier alpha value is -2.41. The van der Waals surface area contributed by atoms with Gasteiger partial charge in [0.15, 0.2) is 5.13 Å². The first-order chi connectivity index (χ1) is 11.1. The number of hydrogen-bond acceptors (Lipinski definition) is 7. The zero-order valence-electron chi connectivity index (χ0n) is 13.0. The molecule has 0 saturated heterocycles. The number of hydrogen-bond donors (Lipinski definition) is 1. The van der Waals surface area contributed by atoms with E-state index in [0.717, 1.165) is 11.4 Å². The summed E-state index contributed by atoms with van der Waals surface area (Å²) in [6.07, 6.45) is 0.855. The minimum Gasteiger partial charge on any atom is -0.466 e. The summed E-state index contributed by atoms with van der Waals surface area (Å²) < 4.78 is 9.59. The monoisotopic (exact) mass is 334 g/mol. The van der Waals surface area contributed by atoms with Gasteiger partial charge in [0.05, 0.1) is 31.4 Å². The summed E-state index contributed by atoms with van der Waals surface area (Å²) >= 11 is 1.44. The first-order valence-electron chi connectivity index (χ1n) is 7.17. The molecule has 0 spiro atoms. The van der Waals surface area contributed by atoms with Gasteiger partial charge in [-0.1, -0.05) is 6.07 Å². The highest BCUT2D eigenvalue weighted by Gasteiger charge is 2.09. The third-order valence-electron chi connectivity index (χ3n) is 2.98. The molecule has 6 nitrogen and oxygen atoms in total. The van der Waals surface area contributed by atoms with Gasteiger partial charge >= 0.3 is 11.9 Å². The molecule has 1 aromatic heterocycles. The van der Waals surface area contributed by atoms with Crippen molar-refractivity contribution < 1.29 is 19.1 Å². The van der Waals surface area contributed by atoms with Gasteiger partial charge in [-0.2, -0.15) is 0 Å². The number of nitrogens with one attached hydrogen (secondary N) is 1. The molecule has 0 aliphatic heterocycles. The number of ether oxygens (including phenoxy) is 2. The van der Waals surface area contributed by atoms with E-state index in [1.165, 1.54) is 18.4 Å². The number of carbonyl (C=O) groups excluding carboxylic acids is 2. The molecule has 23 heavy (non-hydrogen) atoms. The lowest BCUT2D eigenvalue weighted by atomic mass is 10.2. The number of carbonyl (C=O) groups is 2. The van der Waals surface area contributed by atoms with Crippen LogP contribution in [0.15, 0.2) is 29.6 Å². The van der Waals surface area contributed by atoms with E-state index in [1.807, 2.05) is 11.4 Å². The standard InChI is InChI=1S/C16H18N2O4S/c1-3-22-14(19)8-7-13-10-23-16(18-13)17-12-6-4-5-11(9-12)15(20)21-2/h4-6,9-10H,3,7-8H2,1-2H3,(H,17,18). The van der Waals surface area contributed by atoms with Crippen LogP contribution in [0.2, 0.25) is 0 Å². The van der Waals surface area contributed by atoms with E-state index >= 15 is 0 Å². The van der Waals surface area contributed by atoms with Crippen LogP contribution in [0.4, 0.5) is 10.8 Å². The van der Waals surface area contributed by atoms with Gasteiger partial charge in [0.1, 0.15) is 0 Å². The maximum Gasteiger partial charge on any atom is 0.337 e. The minimum absolute atomic E-state index is 0.221. The fraction of sp³-hybridized carbons (Fsp3) is 0.312. The van der Waals surface area contributed by atoms with Crippen molar-refractivity contribution in [2.75, 3.05) is 19.0 Å². The van der Waals surface area contributed by atoms with Crippen molar-refractivity contribution in [3.63, 3.8) is 0 Å². The topological polar surface area (TPSA) is 77.5 Å². The molecule has 0 radical (unpaired) electrons. The van der Waals surface area contributed by atoms with Gasteiger partial charge in [0, 0.05) is 17.5 Å². The molecule has 1 aromatic carbocycles. The molecule has 2 aromatic rings. The summed E-state index contributed by atoms with van der Waals surface area (Å²) in [7, 11) is 1.35. The van der Waals surface area contributed by atoms with Gasteiger partial charge in [-0.3, -0.25) is 4.79 Å². The highest BCUT2D eigenvalue weighted by molar-refractivity contribution is 7.13. The van der Waals surface area contributed by atoms with Gasteiger partial charge in [-0.15, -0.1) is 11.3 Å². The van der Waals surface area contributed by atoms with Gasteiger partial charge in [0.2, 0.25) is 0 Å². The summed E-state index contributed by atoms with van der Waals surface area (Å²) in [5.41, 5.74) is 2.05. The molecule has 0 saturated carbocycles. The number of nitrogens with zero attached hydrogens (tertiary/aromatic N) is 1. The Morgan fingerprint density at radius 1 is 1.35 bits per heavy atom. The minimum atomic E-state index is -0.386. The third-order valence-corrected chi connectivity index (χ3v) is 3.78. The number of esters is 2. The van der Waals surface area contributed by atoms with E-state index in [0.29, 0.717) is 30.1 Å². The van der Waals surface area contributed by atoms with Gasteiger partial charge in [0.25, 0.3) is 0 Å². The van der Waals surface area contributed by atoms with Gasteiger partial charge in [-0.25, -0.2) is 9.78 Å². The van der Waals surface area contributed by atoms with E-state index in [2.05, 4.69) is 10.3 Å². The molecule has 2 rings (SSSR count). The summed E-state index contributed by atoms with van der Waals surface area (Å²) in [6.45, 7) is 2.17. The zero-order chi connectivity index (χ0) is 16.7. The molecule has 0 bridgehead atoms. The Labute approximate surface area is 138 Å². The molecule has 1 heterocycles. The summed E-state index contributed by atoms with van der Waals surface area (Å²) in [5, 5.41) is 5.73. The normalized spacial score (nSPS) is 10.2. The largest absolute Gasteiger partial charge is 0.466 e. The maximum absolute atomic E-state index is 11.5. The average molecular weight is 334 g/mol. The smallest absolute Gasteiger partial charge is 0.337 e. The number of benzene rings is 1. The van der Waals surface area contributed by atoms with Crippen LogP contribution in [0.5, 0.6) is 0 Å². The van der Waals surface area contributed by atoms with Gasteiger partial charge < -0.3 is 14.8 Å². The number of methoxy groups -OCH3 is 1. The predicted molar refractivity (Wildman–Crippen MR) is 88.1 cm³/mol. The third kappa shape index (κ3) is 5.07.